The molecule has 1 aliphatic rings. The van der Waals surface area contributed by atoms with E-state index in [2.05, 4.69) is 9.80 Å². The number of hydrogen-bond donors (Lipinski definition) is 0. The lowest BCUT2D eigenvalue weighted by Crippen LogP contribution is -2.70. The maximum Gasteiger partial charge on any atom is 0.204 e. The molecule has 2 unspecified atom stereocenters. The number of carbonyl (C=O) groups excluding carboxylic acids is 1. The van der Waals surface area contributed by atoms with Gasteiger partial charge in [-0.3, -0.25) is 4.48 Å². The van der Waals surface area contributed by atoms with E-state index >= 15 is 0 Å². The average molecular weight is 215 g/mol. The number of likely N-dealkylation sites (N-methyl/N-ethyl adjacent to an activating group) is 1. The molecule has 1 heterocycles. The van der Waals surface area contributed by atoms with Gasteiger partial charge < -0.3 is 9.90 Å². The summed E-state index contributed by atoms with van der Waals surface area (Å²) in [5, 5.41) is 10.8. The molecule has 5 nitrogen and oxygen atoms in total. The number of carbonyl (C=O) groups is 1. The van der Waals surface area contributed by atoms with Crippen LogP contribution >= 0.6 is 0 Å². The van der Waals surface area contributed by atoms with E-state index in [9.17, 15) is 9.90 Å². The average Bonchev–Trinajstić information content (AvgIpc) is 1.99. The maximum atomic E-state index is 10.8. The fourth-order valence-electron chi connectivity index (χ4n) is 2.80. The standard InChI is InChI=1S/C10H21N3O2/c1-11(2)10-12(3)6-5-7-13(10,4)8-9(14)15/h10H,5-8H2,1-4H3. The fraction of sp³-hybridized carbons (Fsp3) is 0.900. The Balaban J connectivity index is 2.86. The summed E-state index contributed by atoms with van der Waals surface area (Å²) >= 11 is 0. The molecular formula is C10H21N3O2. The molecule has 1 saturated heterocycles. The van der Waals surface area contributed by atoms with E-state index in [-0.39, 0.29) is 12.8 Å². The lowest BCUT2D eigenvalue weighted by molar-refractivity contribution is -0.956. The van der Waals surface area contributed by atoms with E-state index in [1.54, 1.807) is 0 Å². The second-order valence-corrected chi connectivity index (χ2v) is 4.88. The smallest absolute Gasteiger partial charge is 0.204 e. The lowest BCUT2D eigenvalue weighted by atomic mass is 10.2. The molecule has 0 aromatic heterocycles. The first-order chi connectivity index (χ1) is 6.87. The second kappa shape index (κ2) is 4.47. The summed E-state index contributed by atoms with van der Waals surface area (Å²) in [5.41, 5.74) is 0. The first-order valence-electron chi connectivity index (χ1n) is 5.27. The zero-order valence-corrected chi connectivity index (χ0v) is 10.1. The van der Waals surface area contributed by atoms with Gasteiger partial charge in [-0.1, -0.05) is 0 Å². The number of nitrogens with zero attached hydrogens (tertiary/aromatic N) is 3. The molecule has 0 saturated carbocycles. The third kappa shape index (κ3) is 2.68. The number of carboxylic acids is 1. The molecule has 0 spiro atoms. The third-order valence-electron chi connectivity index (χ3n) is 3.08. The molecule has 0 aliphatic carbocycles. The Labute approximate surface area is 91.5 Å². The van der Waals surface area contributed by atoms with Crippen LogP contribution in [-0.4, -0.2) is 74.4 Å². The summed E-state index contributed by atoms with van der Waals surface area (Å²) in [6.07, 6.45) is 1.15. The van der Waals surface area contributed by atoms with Crippen LogP contribution in [0.1, 0.15) is 6.42 Å². The SMILES string of the molecule is CN(C)C1N(C)CCC[N+]1(C)CC(=O)[O-]. The van der Waals surface area contributed by atoms with E-state index in [1.807, 2.05) is 28.2 Å². The highest BCUT2D eigenvalue weighted by Crippen LogP contribution is 2.21. The van der Waals surface area contributed by atoms with Gasteiger partial charge in [-0.25, -0.2) is 9.80 Å². The van der Waals surface area contributed by atoms with E-state index in [0.29, 0.717) is 4.48 Å². The summed E-state index contributed by atoms with van der Waals surface area (Å²) in [6.45, 7) is 1.98. The molecule has 1 rings (SSSR count). The fourth-order valence-corrected chi connectivity index (χ4v) is 2.80. The van der Waals surface area contributed by atoms with E-state index in [1.165, 1.54) is 0 Å². The van der Waals surface area contributed by atoms with Crippen molar-refractivity contribution in [3.05, 3.63) is 0 Å². The maximum absolute atomic E-state index is 10.8. The van der Waals surface area contributed by atoms with Crippen molar-refractivity contribution in [2.45, 2.75) is 12.7 Å². The molecule has 0 N–H and O–H groups in total. The zero-order valence-electron chi connectivity index (χ0n) is 10.1. The summed E-state index contributed by atoms with van der Waals surface area (Å²) in [5.74, 6) is -0.973. The Morgan fingerprint density at radius 3 is 2.67 bits per heavy atom. The second-order valence-electron chi connectivity index (χ2n) is 4.88. The van der Waals surface area contributed by atoms with Gasteiger partial charge in [-0.2, -0.15) is 0 Å². The molecule has 1 aliphatic heterocycles. The van der Waals surface area contributed by atoms with Gasteiger partial charge in [0.15, 0.2) is 0 Å². The first kappa shape index (κ1) is 12.4. The highest BCUT2D eigenvalue weighted by atomic mass is 16.4. The quantitative estimate of drug-likeness (QED) is 0.530. The van der Waals surface area contributed by atoms with Crippen LogP contribution < -0.4 is 5.11 Å². The van der Waals surface area contributed by atoms with Gasteiger partial charge in [-0.05, 0) is 21.1 Å². The summed E-state index contributed by atoms with van der Waals surface area (Å²) in [4.78, 5) is 15.1. The van der Waals surface area contributed by atoms with Crippen molar-refractivity contribution in [1.29, 1.82) is 0 Å². The van der Waals surface area contributed by atoms with Gasteiger partial charge in [-0.15, -0.1) is 0 Å². The topological polar surface area (TPSA) is 46.6 Å². The lowest BCUT2D eigenvalue weighted by Gasteiger charge is -2.51. The van der Waals surface area contributed by atoms with Crippen LogP contribution in [0.3, 0.4) is 0 Å². The highest BCUT2D eigenvalue weighted by Gasteiger charge is 2.40. The summed E-state index contributed by atoms with van der Waals surface area (Å²) < 4.78 is 0.506. The number of carboxylic acid groups (broad SMARTS) is 1. The van der Waals surface area contributed by atoms with Crippen molar-refractivity contribution < 1.29 is 14.4 Å². The van der Waals surface area contributed by atoms with Crippen LogP contribution in [0, 0.1) is 0 Å². The van der Waals surface area contributed by atoms with Crippen LogP contribution in [-0.2, 0) is 4.79 Å². The Morgan fingerprint density at radius 1 is 1.60 bits per heavy atom. The highest BCUT2D eigenvalue weighted by molar-refractivity contribution is 5.65. The molecule has 88 valence electrons. The number of rotatable bonds is 3. The Morgan fingerprint density at radius 2 is 2.20 bits per heavy atom. The van der Waals surface area contributed by atoms with E-state index < -0.39 is 5.97 Å². The van der Waals surface area contributed by atoms with Crippen LogP contribution in [0.25, 0.3) is 0 Å². The van der Waals surface area contributed by atoms with Gasteiger partial charge in [0, 0.05) is 13.0 Å². The van der Waals surface area contributed by atoms with Gasteiger partial charge in [0.05, 0.1) is 19.6 Å². The van der Waals surface area contributed by atoms with Crippen molar-refractivity contribution in [3.63, 3.8) is 0 Å². The zero-order chi connectivity index (χ0) is 11.6. The van der Waals surface area contributed by atoms with Crippen molar-refractivity contribution in [1.82, 2.24) is 9.80 Å². The third-order valence-corrected chi connectivity index (χ3v) is 3.08. The van der Waals surface area contributed by atoms with Gasteiger partial charge >= 0.3 is 0 Å². The normalized spacial score (nSPS) is 33.3. The largest absolute Gasteiger partial charge is 0.544 e. The molecular weight excluding hydrogens is 194 g/mol. The van der Waals surface area contributed by atoms with Crippen LogP contribution in [0.5, 0.6) is 0 Å². The predicted molar refractivity (Wildman–Crippen MR) is 55.6 cm³/mol. The van der Waals surface area contributed by atoms with Gasteiger partial charge in [0.25, 0.3) is 0 Å². The molecule has 0 bridgehead atoms. The molecule has 0 aromatic carbocycles. The molecule has 0 radical (unpaired) electrons. The molecule has 2 atom stereocenters. The van der Waals surface area contributed by atoms with Crippen LogP contribution in [0.4, 0.5) is 0 Å². The van der Waals surface area contributed by atoms with Crippen LogP contribution in [0.2, 0.25) is 0 Å². The minimum Gasteiger partial charge on any atom is -0.544 e. The monoisotopic (exact) mass is 215 g/mol. The molecule has 0 amide bonds. The van der Waals surface area contributed by atoms with Crippen LogP contribution in [0.15, 0.2) is 0 Å². The first-order valence-corrected chi connectivity index (χ1v) is 5.27. The minimum absolute atomic E-state index is 0.0766. The Bertz CT molecular complexity index is 245. The van der Waals surface area contributed by atoms with Crippen molar-refractivity contribution in [3.8, 4) is 0 Å². The van der Waals surface area contributed by atoms with Gasteiger partial charge in [0.1, 0.15) is 6.54 Å². The Kier molecular flexibility index (Phi) is 3.70. The van der Waals surface area contributed by atoms with Crippen molar-refractivity contribution in [2.24, 2.45) is 0 Å². The van der Waals surface area contributed by atoms with E-state index in [4.69, 9.17) is 0 Å². The van der Waals surface area contributed by atoms with E-state index in [0.717, 1.165) is 19.5 Å². The molecule has 0 aromatic rings. The summed E-state index contributed by atoms with van der Waals surface area (Å²) in [6, 6.07) is 0. The number of quaternary nitrogens is 1. The van der Waals surface area contributed by atoms with Crippen molar-refractivity contribution >= 4 is 5.97 Å². The number of hydrogen-bond acceptors (Lipinski definition) is 4. The molecule has 1 fully saturated rings. The van der Waals surface area contributed by atoms with Crippen molar-refractivity contribution in [2.75, 3.05) is 47.8 Å². The molecule has 15 heavy (non-hydrogen) atoms. The van der Waals surface area contributed by atoms with Gasteiger partial charge in [0.2, 0.25) is 6.29 Å². The minimum atomic E-state index is -0.973. The summed E-state index contributed by atoms with van der Waals surface area (Å²) in [7, 11) is 7.99. The Hall–Kier alpha value is -0.650. The number of aliphatic carboxylic acids is 1. The predicted octanol–water partition coefficient (Wildman–Crippen LogP) is -1.64. The molecule has 5 heteroatoms.